The lowest BCUT2D eigenvalue weighted by Crippen LogP contribution is -2.45. The van der Waals surface area contributed by atoms with E-state index in [2.05, 4.69) is 41.4 Å². The van der Waals surface area contributed by atoms with Gasteiger partial charge in [-0.05, 0) is 38.2 Å². The van der Waals surface area contributed by atoms with Gasteiger partial charge in [0.1, 0.15) is 0 Å². The largest absolute Gasteiger partial charge is 0.385 e. The topological polar surface area (TPSA) is 52.6 Å². The van der Waals surface area contributed by atoms with Crippen LogP contribution in [0.25, 0.3) is 0 Å². The number of hydrogen-bond donors (Lipinski definition) is 2. The van der Waals surface area contributed by atoms with Gasteiger partial charge in [0.25, 0.3) is 0 Å². The number of nitrogens with zero attached hydrogens (tertiary/aromatic N) is 1. The summed E-state index contributed by atoms with van der Waals surface area (Å²) in [7, 11) is 0. The molecule has 2 fully saturated rings. The smallest absolute Gasteiger partial charge is 0.223 e. The van der Waals surface area contributed by atoms with Gasteiger partial charge in [0.15, 0.2) is 0 Å². The van der Waals surface area contributed by atoms with Crippen LogP contribution < -0.4 is 5.32 Å². The van der Waals surface area contributed by atoms with Crippen molar-refractivity contribution in [3.05, 3.63) is 35.4 Å². The minimum atomic E-state index is -0.699. The van der Waals surface area contributed by atoms with Crippen LogP contribution >= 0.6 is 0 Å². The number of aliphatic hydroxyl groups is 1. The van der Waals surface area contributed by atoms with E-state index in [0.717, 1.165) is 57.4 Å². The van der Waals surface area contributed by atoms with Crippen LogP contribution in [0.3, 0.4) is 0 Å². The molecule has 1 amide bonds. The number of carbonyl (C=O) groups is 1. The molecule has 4 nitrogen and oxygen atoms in total. The Morgan fingerprint density at radius 3 is 2.44 bits per heavy atom. The van der Waals surface area contributed by atoms with Crippen molar-refractivity contribution in [1.82, 2.24) is 10.2 Å². The van der Waals surface area contributed by atoms with E-state index in [1.54, 1.807) is 0 Å². The van der Waals surface area contributed by atoms with Crippen LogP contribution in [0.15, 0.2) is 24.3 Å². The molecular formula is C21H32N2O2. The average Bonchev–Trinajstić information content (AvgIpc) is 2.64. The van der Waals surface area contributed by atoms with Gasteiger partial charge in [-0.1, -0.05) is 49.1 Å². The maximum Gasteiger partial charge on any atom is 0.223 e. The van der Waals surface area contributed by atoms with Gasteiger partial charge in [0, 0.05) is 32.1 Å². The van der Waals surface area contributed by atoms with Crippen LogP contribution in [0.1, 0.15) is 56.1 Å². The van der Waals surface area contributed by atoms with Crippen LogP contribution in [-0.2, 0) is 10.4 Å². The molecule has 25 heavy (non-hydrogen) atoms. The maximum atomic E-state index is 12.2. The molecule has 4 heteroatoms. The molecule has 1 aromatic rings. The third kappa shape index (κ3) is 4.83. The van der Waals surface area contributed by atoms with Crippen molar-refractivity contribution in [3.63, 3.8) is 0 Å². The Morgan fingerprint density at radius 2 is 1.80 bits per heavy atom. The minimum absolute atomic E-state index is 0.238. The van der Waals surface area contributed by atoms with E-state index in [4.69, 9.17) is 0 Å². The van der Waals surface area contributed by atoms with Crippen LogP contribution in [0.4, 0.5) is 0 Å². The first-order valence-corrected chi connectivity index (χ1v) is 9.86. The van der Waals surface area contributed by atoms with Gasteiger partial charge in [-0.3, -0.25) is 4.79 Å². The predicted molar refractivity (Wildman–Crippen MR) is 100 cm³/mol. The molecule has 0 spiro atoms. The van der Waals surface area contributed by atoms with Crippen LogP contribution in [-0.4, -0.2) is 42.1 Å². The minimum Gasteiger partial charge on any atom is -0.385 e. The third-order valence-corrected chi connectivity index (χ3v) is 5.98. The number of benzene rings is 1. The van der Waals surface area contributed by atoms with Gasteiger partial charge in [0.05, 0.1) is 5.60 Å². The van der Waals surface area contributed by atoms with Gasteiger partial charge >= 0.3 is 0 Å². The lowest BCUT2D eigenvalue weighted by atomic mass is 9.84. The zero-order valence-corrected chi connectivity index (χ0v) is 15.5. The van der Waals surface area contributed by atoms with E-state index in [9.17, 15) is 9.90 Å². The van der Waals surface area contributed by atoms with Gasteiger partial charge < -0.3 is 15.3 Å². The van der Waals surface area contributed by atoms with Gasteiger partial charge in [-0.15, -0.1) is 0 Å². The molecule has 0 radical (unpaired) electrons. The van der Waals surface area contributed by atoms with Crippen molar-refractivity contribution in [2.45, 2.75) is 57.5 Å². The van der Waals surface area contributed by atoms with E-state index < -0.39 is 5.60 Å². The SMILES string of the molecule is Cc1ccc(C2(O)CCN(CCNC(=O)C3CCCCC3)CC2)cc1. The second kappa shape index (κ2) is 8.33. The summed E-state index contributed by atoms with van der Waals surface area (Å²) in [6.07, 6.45) is 7.29. The number of nitrogens with one attached hydrogen (secondary N) is 1. The van der Waals surface area contributed by atoms with E-state index in [1.807, 2.05) is 0 Å². The fourth-order valence-electron chi connectivity index (χ4n) is 4.15. The molecule has 0 aromatic heterocycles. The Labute approximate surface area is 151 Å². The van der Waals surface area contributed by atoms with Crippen LogP contribution in [0, 0.1) is 12.8 Å². The second-order valence-electron chi connectivity index (χ2n) is 7.87. The monoisotopic (exact) mass is 344 g/mol. The highest BCUT2D eigenvalue weighted by Crippen LogP contribution is 2.32. The number of amides is 1. The Morgan fingerprint density at radius 1 is 1.16 bits per heavy atom. The highest BCUT2D eigenvalue weighted by atomic mass is 16.3. The van der Waals surface area contributed by atoms with Crippen molar-refractivity contribution < 1.29 is 9.90 Å². The summed E-state index contributed by atoms with van der Waals surface area (Å²) in [6, 6.07) is 8.24. The summed E-state index contributed by atoms with van der Waals surface area (Å²) >= 11 is 0. The van der Waals surface area contributed by atoms with Crippen LogP contribution in [0.5, 0.6) is 0 Å². The summed E-state index contributed by atoms with van der Waals surface area (Å²) in [4.78, 5) is 14.5. The summed E-state index contributed by atoms with van der Waals surface area (Å²) < 4.78 is 0. The third-order valence-electron chi connectivity index (χ3n) is 5.98. The molecule has 2 N–H and O–H groups in total. The normalized spacial score (nSPS) is 21.8. The second-order valence-corrected chi connectivity index (χ2v) is 7.87. The molecular weight excluding hydrogens is 312 g/mol. The summed E-state index contributed by atoms with van der Waals surface area (Å²) in [5.74, 6) is 0.481. The number of likely N-dealkylation sites (tertiary alicyclic amines) is 1. The Hall–Kier alpha value is -1.39. The summed E-state index contributed by atoms with van der Waals surface area (Å²) in [5.41, 5.74) is 1.55. The van der Waals surface area contributed by atoms with Gasteiger partial charge in [0.2, 0.25) is 5.91 Å². The highest BCUT2D eigenvalue weighted by molar-refractivity contribution is 5.78. The molecule has 1 aliphatic heterocycles. The number of hydrogen-bond acceptors (Lipinski definition) is 3. The van der Waals surface area contributed by atoms with Crippen molar-refractivity contribution >= 4 is 5.91 Å². The van der Waals surface area contributed by atoms with E-state index in [0.29, 0.717) is 0 Å². The first-order chi connectivity index (χ1) is 12.1. The average molecular weight is 344 g/mol. The molecule has 0 unspecified atom stereocenters. The van der Waals surface area contributed by atoms with Crippen molar-refractivity contribution in [1.29, 1.82) is 0 Å². The van der Waals surface area contributed by atoms with Crippen molar-refractivity contribution in [2.24, 2.45) is 5.92 Å². The molecule has 2 aliphatic rings. The predicted octanol–water partition coefficient (Wildman–Crippen LogP) is 2.97. The maximum absolute atomic E-state index is 12.2. The quantitative estimate of drug-likeness (QED) is 0.863. The van der Waals surface area contributed by atoms with E-state index >= 15 is 0 Å². The molecule has 0 bridgehead atoms. The zero-order valence-electron chi connectivity index (χ0n) is 15.5. The summed E-state index contributed by atoms with van der Waals surface area (Å²) in [6.45, 7) is 5.42. The number of aryl methyl sites for hydroxylation is 1. The van der Waals surface area contributed by atoms with E-state index in [1.165, 1.54) is 24.8 Å². The van der Waals surface area contributed by atoms with Crippen LogP contribution in [0.2, 0.25) is 0 Å². The standard InChI is InChI=1S/C21H32N2O2/c1-17-7-9-19(10-8-17)21(25)11-14-23(15-12-21)16-13-22-20(24)18-5-3-2-4-6-18/h7-10,18,25H,2-6,11-16H2,1H3,(H,22,24). The molecule has 1 saturated heterocycles. The molecule has 1 aromatic carbocycles. The molecule has 1 aliphatic carbocycles. The fourth-order valence-corrected chi connectivity index (χ4v) is 4.15. The Balaban J connectivity index is 1.40. The van der Waals surface area contributed by atoms with Gasteiger partial charge in [-0.25, -0.2) is 0 Å². The van der Waals surface area contributed by atoms with Crippen molar-refractivity contribution in [3.8, 4) is 0 Å². The van der Waals surface area contributed by atoms with Gasteiger partial charge in [-0.2, -0.15) is 0 Å². The van der Waals surface area contributed by atoms with E-state index in [-0.39, 0.29) is 11.8 Å². The Bertz CT molecular complexity index is 556. The lowest BCUT2D eigenvalue weighted by Gasteiger charge is -2.38. The number of carbonyl (C=O) groups excluding carboxylic acids is 1. The first-order valence-electron chi connectivity index (χ1n) is 9.86. The molecule has 1 saturated carbocycles. The summed E-state index contributed by atoms with van der Waals surface area (Å²) in [5, 5.41) is 14.1. The molecule has 0 atom stereocenters. The van der Waals surface area contributed by atoms with Crippen molar-refractivity contribution in [2.75, 3.05) is 26.2 Å². The Kier molecular flexibility index (Phi) is 6.13. The highest BCUT2D eigenvalue weighted by Gasteiger charge is 2.33. The number of rotatable bonds is 5. The first kappa shape index (κ1) is 18.4. The zero-order chi connectivity index (χ0) is 17.7. The fraction of sp³-hybridized carbons (Fsp3) is 0.667. The lowest BCUT2D eigenvalue weighted by molar-refractivity contribution is -0.126. The molecule has 3 rings (SSSR count). The molecule has 138 valence electrons. The molecule has 1 heterocycles. The number of piperidine rings is 1.